The van der Waals surface area contributed by atoms with E-state index >= 15 is 0 Å². The molecule has 7 heteroatoms. The third-order valence-electron chi connectivity index (χ3n) is 10.0. The van der Waals surface area contributed by atoms with E-state index in [4.69, 9.17) is 23.7 Å². The minimum absolute atomic E-state index is 0.0480. The van der Waals surface area contributed by atoms with Gasteiger partial charge in [0.1, 0.15) is 0 Å². The summed E-state index contributed by atoms with van der Waals surface area (Å²) in [7, 11) is 0. The van der Waals surface area contributed by atoms with Gasteiger partial charge in [0.2, 0.25) is 0 Å². The summed E-state index contributed by atoms with van der Waals surface area (Å²) in [5, 5.41) is 10.3. The van der Waals surface area contributed by atoms with Crippen LogP contribution in [-0.4, -0.2) is 54.9 Å². The van der Waals surface area contributed by atoms with Crippen LogP contribution < -0.4 is 0 Å². The van der Waals surface area contributed by atoms with Crippen LogP contribution in [0.2, 0.25) is 0 Å². The van der Waals surface area contributed by atoms with Crippen molar-refractivity contribution in [3.05, 3.63) is 12.2 Å². The summed E-state index contributed by atoms with van der Waals surface area (Å²) in [5.41, 5.74) is 1.39. The molecular weight excluding hydrogens is 496 g/mol. The number of ether oxygens (including phenoxy) is 5. The van der Waals surface area contributed by atoms with E-state index < -0.39 is 24.3 Å². The second-order valence-corrected chi connectivity index (χ2v) is 12.9. The van der Waals surface area contributed by atoms with Gasteiger partial charge in [0, 0.05) is 19.6 Å². The SMILES string of the molecule is C=C1CC[C@H](CCCCC2CCCC2)[C@H]1C[C@H]1OC1CCC(OC1CCCCO1)(OC1CCCCO1)C(=O)O. The topological polar surface area (TPSA) is 86.8 Å². The minimum atomic E-state index is -1.78. The second-order valence-electron chi connectivity index (χ2n) is 12.9. The number of carbonyl (C=O) groups is 1. The number of unbranched alkanes of at least 4 members (excludes halogenated alkanes) is 1. The van der Waals surface area contributed by atoms with Gasteiger partial charge in [-0.25, -0.2) is 4.79 Å². The van der Waals surface area contributed by atoms with Gasteiger partial charge in [0.25, 0.3) is 5.79 Å². The molecule has 0 aromatic rings. The molecule has 6 atom stereocenters. The van der Waals surface area contributed by atoms with Crippen LogP contribution in [0.3, 0.4) is 0 Å². The molecule has 39 heavy (non-hydrogen) atoms. The maximum Gasteiger partial charge on any atom is 0.364 e. The van der Waals surface area contributed by atoms with E-state index in [2.05, 4.69) is 6.58 Å². The number of hydrogen-bond acceptors (Lipinski definition) is 6. The summed E-state index contributed by atoms with van der Waals surface area (Å²) in [6.45, 7) is 5.59. The molecule has 5 fully saturated rings. The van der Waals surface area contributed by atoms with Crippen LogP contribution in [0.5, 0.6) is 0 Å². The Morgan fingerprint density at radius 3 is 2.10 bits per heavy atom. The lowest BCUT2D eigenvalue weighted by molar-refractivity contribution is -0.352. The fraction of sp³-hybridized carbons (Fsp3) is 0.906. The van der Waals surface area contributed by atoms with Gasteiger partial charge in [-0.15, -0.1) is 0 Å². The molecular formula is C32H52O7. The normalized spacial score (nSPS) is 35.2. The van der Waals surface area contributed by atoms with Crippen LogP contribution in [0.1, 0.15) is 122 Å². The monoisotopic (exact) mass is 548 g/mol. The number of carboxylic acid groups (broad SMARTS) is 1. The molecule has 3 saturated heterocycles. The van der Waals surface area contributed by atoms with Gasteiger partial charge in [-0.2, -0.15) is 0 Å². The second kappa shape index (κ2) is 14.3. The van der Waals surface area contributed by atoms with Crippen molar-refractivity contribution in [3.8, 4) is 0 Å². The third kappa shape index (κ3) is 8.28. The lowest BCUT2D eigenvalue weighted by atomic mass is 9.84. The van der Waals surface area contributed by atoms with Gasteiger partial charge in [0.15, 0.2) is 12.6 Å². The van der Waals surface area contributed by atoms with E-state index in [1.54, 1.807) is 0 Å². The molecule has 3 aliphatic heterocycles. The first-order valence-electron chi connectivity index (χ1n) is 16.2. The van der Waals surface area contributed by atoms with Crippen molar-refractivity contribution in [1.82, 2.24) is 0 Å². The van der Waals surface area contributed by atoms with Crippen molar-refractivity contribution in [1.29, 1.82) is 0 Å². The van der Waals surface area contributed by atoms with Crippen LogP contribution in [-0.2, 0) is 28.5 Å². The number of allylic oxidation sites excluding steroid dienone is 1. The predicted molar refractivity (Wildman–Crippen MR) is 148 cm³/mol. The minimum Gasteiger partial charge on any atom is -0.477 e. The zero-order valence-corrected chi connectivity index (χ0v) is 24.0. The number of aliphatic carboxylic acids is 1. The first-order chi connectivity index (χ1) is 19.0. The largest absolute Gasteiger partial charge is 0.477 e. The molecule has 2 aliphatic carbocycles. The summed E-state index contributed by atoms with van der Waals surface area (Å²) < 4.78 is 29.9. The van der Waals surface area contributed by atoms with E-state index in [-0.39, 0.29) is 18.6 Å². The van der Waals surface area contributed by atoms with Crippen LogP contribution in [0, 0.1) is 17.8 Å². The summed E-state index contributed by atoms with van der Waals surface area (Å²) >= 11 is 0. The Kier molecular flexibility index (Phi) is 10.8. The molecule has 1 N–H and O–H groups in total. The highest BCUT2D eigenvalue weighted by Crippen LogP contribution is 2.46. The van der Waals surface area contributed by atoms with Crippen LogP contribution >= 0.6 is 0 Å². The molecule has 0 spiro atoms. The van der Waals surface area contributed by atoms with E-state index in [0.29, 0.717) is 38.4 Å². The van der Waals surface area contributed by atoms with Crippen molar-refractivity contribution in [2.75, 3.05) is 13.2 Å². The van der Waals surface area contributed by atoms with E-state index in [1.165, 1.54) is 63.4 Å². The lowest BCUT2D eigenvalue weighted by Gasteiger charge is -2.37. The highest BCUT2D eigenvalue weighted by atomic mass is 16.8. The molecule has 0 bridgehead atoms. The Morgan fingerprint density at radius 1 is 0.846 bits per heavy atom. The first kappa shape index (κ1) is 29.5. The van der Waals surface area contributed by atoms with Crippen molar-refractivity contribution in [2.45, 2.75) is 153 Å². The molecule has 5 rings (SSSR count). The van der Waals surface area contributed by atoms with Crippen LogP contribution in [0.15, 0.2) is 12.2 Å². The standard InChI is InChI=1S/C32H52O7/c1-23-16-17-25(13-5-4-12-24-10-2-3-11-24)26(23)22-28-27(37-28)18-19-32(31(33)34,38-29-14-6-8-20-35-29)39-30-15-7-9-21-36-30/h24-30H,1-22H2,(H,33,34)/t25-,26-,27?,28+,29?,30?,32?/m0/s1. The third-order valence-corrected chi connectivity index (χ3v) is 10.0. The first-order valence-corrected chi connectivity index (χ1v) is 16.2. The quantitative estimate of drug-likeness (QED) is 0.101. The smallest absolute Gasteiger partial charge is 0.364 e. The maximum atomic E-state index is 12.6. The summed E-state index contributed by atoms with van der Waals surface area (Å²) in [5.74, 6) is -0.638. The molecule has 2 saturated carbocycles. The highest BCUT2D eigenvalue weighted by molar-refractivity contribution is 5.75. The van der Waals surface area contributed by atoms with Crippen LogP contribution in [0.4, 0.5) is 0 Å². The molecule has 222 valence electrons. The summed E-state index contributed by atoms with van der Waals surface area (Å²) in [4.78, 5) is 12.6. The maximum absolute atomic E-state index is 12.6. The Morgan fingerprint density at radius 2 is 1.49 bits per heavy atom. The fourth-order valence-electron chi connectivity index (χ4n) is 7.54. The van der Waals surface area contributed by atoms with Gasteiger partial charge in [-0.05, 0) is 88.4 Å². The zero-order valence-electron chi connectivity index (χ0n) is 24.0. The van der Waals surface area contributed by atoms with E-state index in [1.807, 2.05) is 0 Å². The molecule has 3 unspecified atom stereocenters. The average Bonchev–Trinajstić information content (AvgIpc) is 3.29. The molecule has 0 amide bonds. The molecule has 0 aromatic heterocycles. The summed E-state index contributed by atoms with van der Waals surface area (Å²) in [6.07, 6.45) is 19.7. The van der Waals surface area contributed by atoms with E-state index in [9.17, 15) is 9.90 Å². The van der Waals surface area contributed by atoms with Crippen molar-refractivity contribution in [3.63, 3.8) is 0 Å². The number of rotatable bonds is 15. The van der Waals surface area contributed by atoms with Crippen LogP contribution in [0.25, 0.3) is 0 Å². The molecule has 0 radical (unpaired) electrons. The van der Waals surface area contributed by atoms with E-state index in [0.717, 1.165) is 50.4 Å². The van der Waals surface area contributed by atoms with Crippen molar-refractivity contribution < 1.29 is 33.6 Å². The zero-order chi connectivity index (χ0) is 27.1. The van der Waals surface area contributed by atoms with Gasteiger partial charge >= 0.3 is 5.97 Å². The Hall–Kier alpha value is -0.990. The van der Waals surface area contributed by atoms with Crippen molar-refractivity contribution >= 4 is 5.97 Å². The predicted octanol–water partition coefficient (Wildman–Crippen LogP) is 7.12. The Labute approximate surface area is 235 Å². The summed E-state index contributed by atoms with van der Waals surface area (Å²) in [6, 6.07) is 0. The Bertz CT molecular complexity index is 761. The molecule has 0 aromatic carbocycles. The average molecular weight is 549 g/mol. The number of carboxylic acids is 1. The number of epoxide rings is 1. The molecule has 5 aliphatic rings. The van der Waals surface area contributed by atoms with Gasteiger partial charge in [-0.1, -0.05) is 57.1 Å². The number of hydrogen-bond donors (Lipinski definition) is 1. The Balaban J connectivity index is 1.11. The highest BCUT2D eigenvalue weighted by Gasteiger charge is 2.50. The molecule has 3 heterocycles. The van der Waals surface area contributed by atoms with Gasteiger partial charge in [-0.3, -0.25) is 0 Å². The molecule has 7 nitrogen and oxygen atoms in total. The van der Waals surface area contributed by atoms with Gasteiger partial charge < -0.3 is 28.8 Å². The van der Waals surface area contributed by atoms with Crippen molar-refractivity contribution in [2.24, 2.45) is 17.8 Å². The van der Waals surface area contributed by atoms with Gasteiger partial charge in [0.05, 0.1) is 12.2 Å². The fourth-order valence-corrected chi connectivity index (χ4v) is 7.54. The lowest BCUT2D eigenvalue weighted by Crippen LogP contribution is -2.51.